The molecule has 2 aliphatic heterocycles. The topological polar surface area (TPSA) is 15.3 Å². The zero-order valence-electron chi connectivity index (χ0n) is 8.50. The van der Waals surface area contributed by atoms with Gasteiger partial charge in [0.2, 0.25) is 0 Å². The van der Waals surface area contributed by atoms with Crippen LogP contribution in [0.15, 0.2) is 12.7 Å². The van der Waals surface area contributed by atoms with Crippen LogP contribution in [-0.4, -0.2) is 36.6 Å². The van der Waals surface area contributed by atoms with Gasteiger partial charge >= 0.3 is 0 Å². The van der Waals surface area contributed by atoms with Gasteiger partial charge in [0.25, 0.3) is 0 Å². The fourth-order valence-electron chi connectivity index (χ4n) is 2.56. The Kier molecular flexibility index (Phi) is 2.70. The predicted molar refractivity (Wildman–Crippen MR) is 55.7 cm³/mol. The van der Waals surface area contributed by atoms with E-state index in [4.69, 9.17) is 0 Å². The first-order valence-electron chi connectivity index (χ1n) is 5.41. The van der Waals surface area contributed by atoms with Gasteiger partial charge in [0.05, 0.1) is 0 Å². The largest absolute Gasteiger partial charge is 0.312 e. The predicted octanol–water partition coefficient (Wildman–Crippen LogP) is 1.24. The third-order valence-electron chi connectivity index (χ3n) is 3.54. The van der Waals surface area contributed by atoms with Crippen LogP contribution in [0, 0.1) is 5.92 Å². The van der Waals surface area contributed by atoms with E-state index in [9.17, 15) is 0 Å². The lowest BCUT2D eigenvalue weighted by atomic mass is 9.94. The lowest BCUT2D eigenvalue weighted by Gasteiger charge is -2.24. The van der Waals surface area contributed by atoms with Crippen LogP contribution in [0.4, 0.5) is 0 Å². The third kappa shape index (κ3) is 1.79. The number of hydrogen-bond donors (Lipinski definition) is 1. The average Bonchev–Trinajstić information content (AvgIpc) is 2.59. The van der Waals surface area contributed by atoms with Crippen molar-refractivity contribution >= 4 is 0 Å². The zero-order chi connectivity index (χ0) is 9.26. The van der Waals surface area contributed by atoms with E-state index in [1.165, 1.54) is 32.5 Å². The Bertz CT molecular complexity index is 177. The van der Waals surface area contributed by atoms with E-state index in [1.54, 1.807) is 0 Å². The Balaban J connectivity index is 1.94. The van der Waals surface area contributed by atoms with Crippen molar-refractivity contribution in [1.82, 2.24) is 10.2 Å². The van der Waals surface area contributed by atoms with Crippen molar-refractivity contribution in [2.75, 3.05) is 19.6 Å². The normalized spacial score (nSPS) is 37.0. The third-order valence-corrected chi connectivity index (χ3v) is 3.54. The van der Waals surface area contributed by atoms with Crippen molar-refractivity contribution in [1.29, 1.82) is 0 Å². The summed E-state index contributed by atoms with van der Waals surface area (Å²) in [6, 6.07) is 1.31. The van der Waals surface area contributed by atoms with Crippen molar-refractivity contribution in [2.24, 2.45) is 5.92 Å². The van der Waals surface area contributed by atoms with Crippen LogP contribution >= 0.6 is 0 Å². The van der Waals surface area contributed by atoms with Crippen molar-refractivity contribution in [2.45, 2.75) is 31.8 Å². The number of rotatable bonds is 2. The fourth-order valence-corrected chi connectivity index (χ4v) is 2.56. The number of piperidine rings is 1. The molecule has 0 aliphatic carbocycles. The van der Waals surface area contributed by atoms with Crippen molar-refractivity contribution < 1.29 is 0 Å². The van der Waals surface area contributed by atoms with E-state index < -0.39 is 0 Å². The monoisotopic (exact) mass is 180 g/mol. The summed E-state index contributed by atoms with van der Waals surface area (Å²) >= 11 is 0. The van der Waals surface area contributed by atoms with Crippen LogP contribution < -0.4 is 5.32 Å². The SMILES string of the molecule is C=CC(C)N1CC2CCCNC2C1. The highest BCUT2D eigenvalue weighted by Crippen LogP contribution is 2.26. The number of hydrogen-bond acceptors (Lipinski definition) is 2. The maximum Gasteiger partial charge on any atom is 0.0248 e. The van der Waals surface area contributed by atoms with Gasteiger partial charge in [-0.3, -0.25) is 4.90 Å². The summed E-state index contributed by atoms with van der Waals surface area (Å²) in [5.41, 5.74) is 0. The summed E-state index contributed by atoms with van der Waals surface area (Å²) in [7, 11) is 0. The molecule has 3 unspecified atom stereocenters. The number of nitrogens with one attached hydrogen (secondary N) is 1. The Hall–Kier alpha value is -0.340. The fraction of sp³-hybridized carbons (Fsp3) is 0.818. The molecule has 2 nitrogen and oxygen atoms in total. The molecule has 2 heteroatoms. The minimum absolute atomic E-state index is 0.549. The van der Waals surface area contributed by atoms with E-state index in [-0.39, 0.29) is 0 Å². The van der Waals surface area contributed by atoms with Crippen LogP contribution in [-0.2, 0) is 0 Å². The van der Waals surface area contributed by atoms with Crippen LogP contribution in [0.3, 0.4) is 0 Å². The van der Waals surface area contributed by atoms with Crippen molar-refractivity contribution in [3.63, 3.8) is 0 Å². The summed E-state index contributed by atoms with van der Waals surface area (Å²) in [5, 5.41) is 3.61. The van der Waals surface area contributed by atoms with Gasteiger partial charge in [-0.05, 0) is 32.2 Å². The van der Waals surface area contributed by atoms with E-state index in [0.29, 0.717) is 6.04 Å². The van der Waals surface area contributed by atoms with Gasteiger partial charge in [0, 0.05) is 25.2 Å². The first-order chi connectivity index (χ1) is 6.31. The molecular weight excluding hydrogens is 160 g/mol. The highest BCUT2D eigenvalue weighted by atomic mass is 15.2. The Morgan fingerprint density at radius 3 is 3.08 bits per heavy atom. The molecule has 0 aromatic rings. The minimum Gasteiger partial charge on any atom is -0.312 e. The summed E-state index contributed by atoms with van der Waals surface area (Å²) in [5.74, 6) is 0.899. The number of nitrogens with zero attached hydrogens (tertiary/aromatic N) is 1. The Labute approximate surface area is 81.0 Å². The van der Waals surface area contributed by atoms with Gasteiger partial charge in [-0.1, -0.05) is 6.08 Å². The van der Waals surface area contributed by atoms with Gasteiger partial charge in [-0.2, -0.15) is 0 Å². The summed E-state index contributed by atoms with van der Waals surface area (Å²) in [6.45, 7) is 9.81. The first-order valence-corrected chi connectivity index (χ1v) is 5.41. The second-order valence-electron chi connectivity index (χ2n) is 4.39. The minimum atomic E-state index is 0.549. The Morgan fingerprint density at radius 2 is 2.38 bits per heavy atom. The van der Waals surface area contributed by atoms with Gasteiger partial charge in [0.1, 0.15) is 0 Å². The molecule has 2 rings (SSSR count). The zero-order valence-corrected chi connectivity index (χ0v) is 8.50. The molecule has 0 saturated carbocycles. The molecule has 0 amide bonds. The maximum absolute atomic E-state index is 3.86. The van der Waals surface area contributed by atoms with Crippen LogP contribution in [0.5, 0.6) is 0 Å². The molecule has 2 aliphatic rings. The molecule has 74 valence electrons. The number of likely N-dealkylation sites (tertiary alicyclic amines) is 1. The molecule has 0 radical (unpaired) electrons. The van der Waals surface area contributed by atoms with Crippen LogP contribution in [0.2, 0.25) is 0 Å². The summed E-state index contributed by atoms with van der Waals surface area (Å²) in [4.78, 5) is 2.54. The summed E-state index contributed by atoms with van der Waals surface area (Å²) < 4.78 is 0. The van der Waals surface area contributed by atoms with Gasteiger partial charge in [-0.15, -0.1) is 6.58 Å². The summed E-state index contributed by atoms with van der Waals surface area (Å²) in [6.07, 6.45) is 4.83. The molecule has 0 aromatic heterocycles. The molecule has 13 heavy (non-hydrogen) atoms. The Morgan fingerprint density at radius 1 is 1.54 bits per heavy atom. The van der Waals surface area contributed by atoms with Crippen LogP contribution in [0.25, 0.3) is 0 Å². The van der Waals surface area contributed by atoms with Gasteiger partial charge in [-0.25, -0.2) is 0 Å². The number of fused-ring (bicyclic) bond motifs is 1. The second-order valence-corrected chi connectivity index (χ2v) is 4.39. The molecule has 2 fully saturated rings. The molecular formula is C11H20N2. The van der Waals surface area contributed by atoms with E-state index >= 15 is 0 Å². The van der Waals surface area contributed by atoms with E-state index in [2.05, 4.69) is 29.8 Å². The second kappa shape index (κ2) is 3.81. The van der Waals surface area contributed by atoms with Crippen molar-refractivity contribution in [3.8, 4) is 0 Å². The average molecular weight is 180 g/mol. The lowest BCUT2D eigenvalue weighted by molar-refractivity contribution is 0.285. The molecule has 0 spiro atoms. The highest BCUT2D eigenvalue weighted by molar-refractivity contribution is 4.96. The maximum atomic E-state index is 3.86. The lowest BCUT2D eigenvalue weighted by Crippen LogP contribution is -2.41. The van der Waals surface area contributed by atoms with Gasteiger partial charge < -0.3 is 5.32 Å². The first kappa shape index (κ1) is 9.22. The quantitative estimate of drug-likeness (QED) is 0.643. The van der Waals surface area contributed by atoms with E-state index in [1.807, 2.05) is 0 Å². The molecule has 3 atom stereocenters. The van der Waals surface area contributed by atoms with Gasteiger partial charge in [0.15, 0.2) is 0 Å². The van der Waals surface area contributed by atoms with E-state index in [0.717, 1.165) is 12.0 Å². The molecule has 0 aromatic carbocycles. The standard InChI is InChI=1S/C11H20N2/c1-3-9(2)13-7-10-5-4-6-12-11(10)8-13/h3,9-12H,1,4-8H2,2H3. The molecule has 1 N–H and O–H groups in total. The molecule has 2 heterocycles. The smallest absolute Gasteiger partial charge is 0.0248 e. The molecule has 2 saturated heterocycles. The van der Waals surface area contributed by atoms with Crippen LogP contribution in [0.1, 0.15) is 19.8 Å². The highest BCUT2D eigenvalue weighted by Gasteiger charge is 2.35. The molecule has 0 bridgehead atoms. The van der Waals surface area contributed by atoms with Crippen molar-refractivity contribution in [3.05, 3.63) is 12.7 Å².